The quantitative estimate of drug-likeness (QED) is 0.430. The Hall–Kier alpha value is -3.05. The Morgan fingerprint density at radius 3 is 2.23 bits per heavy atom. The lowest BCUT2D eigenvalue weighted by Crippen LogP contribution is -2.38. The summed E-state index contributed by atoms with van der Waals surface area (Å²) in [5.41, 5.74) is 2.59. The van der Waals surface area contributed by atoms with Gasteiger partial charge in [-0.2, -0.15) is 0 Å². The number of amides is 2. The van der Waals surface area contributed by atoms with Gasteiger partial charge in [-0.1, -0.05) is 42.5 Å². The summed E-state index contributed by atoms with van der Waals surface area (Å²) in [7, 11) is 1.60. The maximum atomic E-state index is 13.8. The van der Waals surface area contributed by atoms with Crippen molar-refractivity contribution in [2.75, 3.05) is 17.9 Å². The fourth-order valence-electron chi connectivity index (χ4n) is 4.26. The zero-order valence-corrected chi connectivity index (χ0v) is 18.2. The van der Waals surface area contributed by atoms with Crippen molar-refractivity contribution < 1.29 is 13.9 Å². The first-order valence-electron chi connectivity index (χ1n) is 10.2. The molecule has 3 aromatic carbocycles. The standard InChI is InChI=1S/C25H24ClFN2O2/c1-17(18-6-4-3-5-7-18)28-23(16-26)24(19-8-10-20(27)11-9-19)29(25(28)30)21-12-14-22(31-2)15-13-21/h3-15,17,23-24H,16H2,1-2H3/t17-,23-,24-/m1/s1. The Kier molecular flexibility index (Phi) is 6.14. The van der Waals surface area contributed by atoms with Crippen LogP contribution in [0, 0.1) is 5.82 Å². The van der Waals surface area contributed by atoms with Gasteiger partial charge in [0.2, 0.25) is 0 Å². The van der Waals surface area contributed by atoms with Crippen LogP contribution in [0.1, 0.15) is 30.1 Å². The molecule has 0 saturated carbocycles. The summed E-state index contributed by atoms with van der Waals surface area (Å²) in [6.07, 6.45) is 0. The molecule has 1 heterocycles. The summed E-state index contributed by atoms with van der Waals surface area (Å²) in [6.45, 7) is 2.01. The molecule has 2 amide bonds. The Balaban J connectivity index is 1.81. The Bertz CT molecular complexity index is 1030. The lowest BCUT2D eigenvalue weighted by Gasteiger charge is -2.30. The lowest BCUT2D eigenvalue weighted by atomic mass is 9.98. The third kappa shape index (κ3) is 3.98. The van der Waals surface area contributed by atoms with Crippen LogP contribution < -0.4 is 9.64 Å². The second kappa shape index (κ2) is 8.98. The fourth-order valence-corrected chi connectivity index (χ4v) is 4.58. The van der Waals surface area contributed by atoms with E-state index in [-0.39, 0.29) is 35.9 Å². The van der Waals surface area contributed by atoms with E-state index in [9.17, 15) is 9.18 Å². The zero-order valence-electron chi connectivity index (χ0n) is 17.4. The lowest BCUT2D eigenvalue weighted by molar-refractivity contribution is 0.184. The van der Waals surface area contributed by atoms with Gasteiger partial charge < -0.3 is 9.64 Å². The van der Waals surface area contributed by atoms with Gasteiger partial charge in [-0.05, 0) is 54.4 Å². The minimum atomic E-state index is -0.356. The van der Waals surface area contributed by atoms with Crippen LogP contribution in [0.3, 0.4) is 0 Å². The molecule has 160 valence electrons. The van der Waals surface area contributed by atoms with Crippen LogP contribution in [-0.2, 0) is 0 Å². The van der Waals surface area contributed by atoms with Crippen LogP contribution >= 0.6 is 11.6 Å². The number of carbonyl (C=O) groups excluding carboxylic acids is 1. The molecule has 0 N–H and O–H groups in total. The average Bonchev–Trinajstić information content (AvgIpc) is 3.11. The van der Waals surface area contributed by atoms with Gasteiger partial charge >= 0.3 is 6.03 Å². The van der Waals surface area contributed by atoms with E-state index in [1.807, 2.05) is 66.4 Å². The number of halogens is 2. The van der Waals surface area contributed by atoms with Crippen LogP contribution in [-0.4, -0.2) is 30.0 Å². The normalized spacial score (nSPS) is 19.5. The minimum absolute atomic E-state index is 0.138. The zero-order chi connectivity index (χ0) is 22.0. The number of ether oxygens (including phenoxy) is 1. The molecular weight excluding hydrogens is 415 g/mol. The summed E-state index contributed by atoms with van der Waals surface area (Å²) in [5, 5.41) is 0. The van der Waals surface area contributed by atoms with Crippen molar-refractivity contribution in [2.45, 2.75) is 25.0 Å². The summed E-state index contributed by atoms with van der Waals surface area (Å²) in [6, 6.07) is 22.6. The number of benzene rings is 3. The molecule has 3 atom stereocenters. The Morgan fingerprint density at radius 2 is 1.65 bits per heavy atom. The van der Waals surface area contributed by atoms with Crippen molar-refractivity contribution in [3.63, 3.8) is 0 Å². The van der Waals surface area contributed by atoms with Crippen molar-refractivity contribution in [1.29, 1.82) is 0 Å². The van der Waals surface area contributed by atoms with Crippen molar-refractivity contribution in [3.05, 3.63) is 95.8 Å². The van der Waals surface area contributed by atoms with E-state index in [1.165, 1.54) is 12.1 Å². The van der Waals surface area contributed by atoms with Crippen LogP contribution in [0.4, 0.5) is 14.9 Å². The Labute approximate surface area is 186 Å². The predicted octanol–water partition coefficient (Wildman–Crippen LogP) is 6.19. The number of carbonyl (C=O) groups is 1. The number of alkyl halides is 1. The topological polar surface area (TPSA) is 32.8 Å². The van der Waals surface area contributed by atoms with E-state index >= 15 is 0 Å². The summed E-state index contributed by atoms with van der Waals surface area (Å²) in [5.74, 6) is 0.635. The highest BCUT2D eigenvalue weighted by molar-refractivity contribution is 6.18. The fraction of sp³-hybridized carbons (Fsp3) is 0.240. The number of anilines is 1. The number of urea groups is 1. The van der Waals surface area contributed by atoms with Crippen LogP contribution in [0.15, 0.2) is 78.9 Å². The third-order valence-corrected chi connectivity index (χ3v) is 6.16. The monoisotopic (exact) mass is 438 g/mol. The van der Waals surface area contributed by atoms with E-state index in [0.717, 1.165) is 16.8 Å². The first-order valence-corrected chi connectivity index (χ1v) is 10.7. The second-order valence-corrected chi connectivity index (χ2v) is 7.87. The summed E-state index contributed by atoms with van der Waals surface area (Å²) in [4.78, 5) is 17.4. The largest absolute Gasteiger partial charge is 0.497 e. The molecule has 0 spiro atoms. The molecule has 4 rings (SSSR count). The van der Waals surface area contributed by atoms with E-state index < -0.39 is 0 Å². The van der Waals surface area contributed by atoms with Crippen molar-refractivity contribution in [3.8, 4) is 5.75 Å². The van der Waals surface area contributed by atoms with Gasteiger partial charge in [-0.15, -0.1) is 11.6 Å². The third-order valence-electron chi connectivity index (χ3n) is 5.85. The molecule has 0 radical (unpaired) electrons. The molecule has 0 unspecified atom stereocenters. The van der Waals surface area contributed by atoms with Gasteiger partial charge in [0.25, 0.3) is 0 Å². The maximum absolute atomic E-state index is 13.8. The van der Waals surface area contributed by atoms with Gasteiger partial charge in [0, 0.05) is 11.6 Å². The van der Waals surface area contributed by atoms with Gasteiger partial charge in [-0.3, -0.25) is 4.90 Å². The molecule has 31 heavy (non-hydrogen) atoms. The highest BCUT2D eigenvalue weighted by atomic mass is 35.5. The molecule has 1 fully saturated rings. The van der Waals surface area contributed by atoms with Crippen molar-refractivity contribution in [2.24, 2.45) is 0 Å². The SMILES string of the molecule is COc1ccc(N2C(=O)N([C@H](C)c3ccccc3)[C@H](CCl)[C@H]2c2ccc(F)cc2)cc1. The van der Waals surface area contributed by atoms with E-state index in [0.29, 0.717) is 5.75 Å². The van der Waals surface area contributed by atoms with Crippen molar-refractivity contribution in [1.82, 2.24) is 4.90 Å². The minimum Gasteiger partial charge on any atom is -0.497 e. The van der Waals surface area contributed by atoms with E-state index in [4.69, 9.17) is 16.3 Å². The first-order chi connectivity index (χ1) is 15.0. The molecule has 0 bridgehead atoms. The summed E-state index contributed by atoms with van der Waals surface area (Å²) >= 11 is 6.46. The molecule has 1 saturated heterocycles. The predicted molar refractivity (Wildman–Crippen MR) is 121 cm³/mol. The maximum Gasteiger partial charge on any atom is 0.326 e. The van der Waals surface area contributed by atoms with Gasteiger partial charge in [0.1, 0.15) is 11.6 Å². The molecule has 0 aromatic heterocycles. The number of nitrogens with zero attached hydrogens (tertiary/aromatic N) is 2. The highest BCUT2D eigenvalue weighted by Gasteiger charge is 2.48. The molecule has 0 aliphatic carbocycles. The Morgan fingerprint density at radius 1 is 1.00 bits per heavy atom. The summed E-state index contributed by atoms with van der Waals surface area (Å²) < 4.78 is 18.9. The van der Waals surface area contributed by atoms with E-state index in [2.05, 4.69) is 0 Å². The van der Waals surface area contributed by atoms with Crippen LogP contribution in [0.2, 0.25) is 0 Å². The van der Waals surface area contributed by atoms with Crippen LogP contribution in [0.5, 0.6) is 5.75 Å². The molecule has 1 aliphatic heterocycles. The number of hydrogen-bond acceptors (Lipinski definition) is 2. The highest BCUT2D eigenvalue weighted by Crippen LogP contribution is 2.43. The van der Waals surface area contributed by atoms with Crippen molar-refractivity contribution >= 4 is 23.3 Å². The van der Waals surface area contributed by atoms with Gasteiger partial charge in [0.15, 0.2) is 0 Å². The second-order valence-electron chi connectivity index (χ2n) is 7.56. The number of hydrogen-bond donors (Lipinski definition) is 0. The van der Waals surface area contributed by atoms with E-state index in [1.54, 1.807) is 24.1 Å². The smallest absolute Gasteiger partial charge is 0.326 e. The molecule has 1 aliphatic rings. The molecule has 4 nitrogen and oxygen atoms in total. The molecule has 6 heteroatoms. The molecule has 3 aromatic rings. The number of rotatable bonds is 6. The van der Waals surface area contributed by atoms with Crippen LogP contribution in [0.25, 0.3) is 0 Å². The first kappa shape index (κ1) is 21.2. The van der Waals surface area contributed by atoms with Gasteiger partial charge in [0.05, 0.1) is 25.2 Å². The molecular formula is C25H24ClFN2O2. The average molecular weight is 439 g/mol. The van der Waals surface area contributed by atoms with Gasteiger partial charge in [-0.25, -0.2) is 9.18 Å². The number of methoxy groups -OCH3 is 1.